The first-order valence-electron chi connectivity index (χ1n) is 11.9. The Balaban J connectivity index is 1.22. The van der Waals surface area contributed by atoms with Gasteiger partial charge in [0.1, 0.15) is 12.1 Å². The molecule has 1 saturated heterocycles. The van der Waals surface area contributed by atoms with Crippen molar-refractivity contribution in [2.24, 2.45) is 0 Å². The van der Waals surface area contributed by atoms with E-state index in [4.69, 9.17) is 9.47 Å². The van der Waals surface area contributed by atoms with Crippen molar-refractivity contribution in [3.63, 3.8) is 0 Å². The molecule has 186 valence electrons. The van der Waals surface area contributed by atoms with Gasteiger partial charge in [0, 0.05) is 44.0 Å². The predicted molar refractivity (Wildman–Crippen MR) is 138 cm³/mol. The number of nitrogens with one attached hydrogen (secondary N) is 1. The molecule has 1 N–H and O–H groups in total. The molecule has 1 fully saturated rings. The highest BCUT2D eigenvalue weighted by molar-refractivity contribution is 5.95. The van der Waals surface area contributed by atoms with Crippen molar-refractivity contribution in [1.82, 2.24) is 25.1 Å². The molecule has 0 saturated carbocycles. The molecule has 0 radical (unpaired) electrons. The molecule has 10 heteroatoms. The molecular weight excluding hydrogens is 458 g/mol. The zero-order valence-electron chi connectivity index (χ0n) is 20.4. The van der Waals surface area contributed by atoms with Gasteiger partial charge in [0.25, 0.3) is 5.91 Å². The molecule has 5 rings (SSSR count). The van der Waals surface area contributed by atoms with Gasteiger partial charge in [-0.15, -0.1) is 0 Å². The number of hydrogen-bond acceptors (Lipinski definition) is 8. The summed E-state index contributed by atoms with van der Waals surface area (Å²) in [6.45, 7) is 4.47. The molecule has 0 aliphatic carbocycles. The Labute approximate surface area is 209 Å². The van der Waals surface area contributed by atoms with Gasteiger partial charge in [-0.25, -0.2) is 14.6 Å². The smallest absolute Gasteiger partial charge is 0.251 e. The highest BCUT2D eigenvalue weighted by Gasteiger charge is 2.21. The first-order chi connectivity index (χ1) is 17.7. The molecule has 1 amide bonds. The first kappa shape index (κ1) is 23.4. The van der Waals surface area contributed by atoms with Crippen LogP contribution in [0.15, 0.2) is 61.1 Å². The summed E-state index contributed by atoms with van der Waals surface area (Å²) >= 11 is 0. The number of aromatic nitrogens is 4. The zero-order chi connectivity index (χ0) is 24.9. The van der Waals surface area contributed by atoms with E-state index in [1.807, 2.05) is 12.3 Å². The van der Waals surface area contributed by atoms with E-state index in [1.54, 1.807) is 43.4 Å². The SMILES string of the molecule is COc1ccc(C(=O)NCCn2ncc3c(N4CCN(c5ccccc5)CC4)ncnc32)cc1OC. The summed E-state index contributed by atoms with van der Waals surface area (Å²) in [7, 11) is 3.10. The highest BCUT2D eigenvalue weighted by Crippen LogP contribution is 2.28. The topological polar surface area (TPSA) is 97.6 Å². The molecule has 1 aliphatic rings. The summed E-state index contributed by atoms with van der Waals surface area (Å²) in [5, 5.41) is 8.37. The molecule has 3 heterocycles. The minimum Gasteiger partial charge on any atom is -0.493 e. The van der Waals surface area contributed by atoms with Gasteiger partial charge in [-0.1, -0.05) is 18.2 Å². The van der Waals surface area contributed by atoms with Gasteiger partial charge < -0.3 is 24.6 Å². The molecule has 2 aromatic heterocycles. The van der Waals surface area contributed by atoms with Crippen molar-refractivity contribution in [2.75, 3.05) is 56.7 Å². The van der Waals surface area contributed by atoms with Crippen LogP contribution in [0.2, 0.25) is 0 Å². The predicted octanol–water partition coefficient (Wildman–Crippen LogP) is 2.60. The molecule has 0 spiro atoms. The van der Waals surface area contributed by atoms with E-state index in [1.165, 1.54) is 5.69 Å². The molecule has 0 unspecified atom stereocenters. The quantitative estimate of drug-likeness (QED) is 0.405. The molecule has 10 nitrogen and oxygen atoms in total. The molecule has 1 aliphatic heterocycles. The number of fused-ring (bicyclic) bond motifs is 1. The van der Waals surface area contributed by atoms with E-state index in [0.717, 1.165) is 43.0 Å². The lowest BCUT2D eigenvalue weighted by Gasteiger charge is -2.36. The maximum absolute atomic E-state index is 12.6. The molecule has 0 bridgehead atoms. The third-order valence-electron chi connectivity index (χ3n) is 6.37. The average Bonchev–Trinajstić information content (AvgIpc) is 3.36. The number of methoxy groups -OCH3 is 2. The third kappa shape index (κ3) is 4.74. The largest absolute Gasteiger partial charge is 0.493 e. The van der Waals surface area contributed by atoms with Gasteiger partial charge in [-0.05, 0) is 30.3 Å². The second-order valence-corrected chi connectivity index (χ2v) is 8.44. The van der Waals surface area contributed by atoms with Crippen LogP contribution in [0.1, 0.15) is 10.4 Å². The molecular formula is C26H29N7O3. The fourth-order valence-corrected chi connectivity index (χ4v) is 4.47. The third-order valence-corrected chi connectivity index (χ3v) is 6.37. The van der Waals surface area contributed by atoms with Gasteiger partial charge in [-0.3, -0.25) is 4.79 Å². The van der Waals surface area contributed by atoms with Gasteiger partial charge in [-0.2, -0.15) is 5.10 Å². The van der Waals surface area contributed by atoms with Crippen LogP contribution in [0.3, 0.4) is 0 Å². The van der Waals surface area contributed by atoms with Gasteiger partial charge in [0.15, 0.2) is 17.1 Å². The second-order valence-electron chi connectivity index (χ2n) is 8.44. The summed E-state index contributed by atoms with van der Waals surface area (Å²) in [5.74, 6) is 1.79. The Morgan fingerprint density at radius 3 is 2.44 bits per heavy atom. The Kier molecular flexibility index (Phi) is 6.83. The summed E-state index contributed by atoms with van der Waals surface area (Å²) in [6, 6.07) is 15.6. The summed E-state index contributed by atoms with van der Waals surface area (Å²) in [6.07, 6.45) is 3.39. The van der Waals surface area contributed by atoms with Crippen LogP contribution >= 0.6 is 0 Å². The van der Waals surface area contributed by atoms with Crippen molar-refractivity contribution in [3.8, 4) is 11.5 Å². The van der Waals surface area contributed by atoms with Crippen LogP contribution in [0, 0.1) is 0 Å². The van der Waals surface area contributed by atoms with Crippen LogP contribution in [0.4, 0.5) is 11.5 Å². The van der Waals surface area contributed by atoms with Crippen LogP contribution in [0.25, 0.3) is 11.0 Å². The normalized spacial score (nSPS) is 13.6. The van der Waals surface area contributed by atoms with E-state index in [2.05, 4.69) is 54.4 Å². The highest BCUT2D eigenvalue weighted by atomic mass is 16.5. The van der Waals surface area contributed by atoms with E-state index < -0.39 is 0 Å². The number of para-hydroxylation sites is 1. The number of anilines is 2. The molecule has 0 atom stereocenters. The maximum Gasteiger partial charge on any atom is 0.251 e. The van der Waals surface area contributed by atoms with Crippen molar-refractivity contribution in [3.05, 3.63) is 66.6 Å². The standard InChI is InChI=1S/C26H29N7O3/c1-35-22-9-8-19(16-23(22)36-2)26(34)27-10-11-33-25-21(17-30-33)24(28-18-29-25)32-14-12-31(13-15-32)20-6-4-3-5-7-20/h3-9,16-18H,10-15H2,1-2H3,(H,27,34). The van der Waals surface area contributed by atoms with Crippen molar-refractivity contribution < 1.29 is 14.3 Å². The van der Waals surface area contributed by atoms with Crippen LogP contribution in [-0.4, -0.2) is 72.6 Å². The average molecular weight is 488 g/mol. The summed E-state index contributed by atoms with van der Waals surface area (Å²) in [5.41, 5.74) is 2.50. The number of amides is 1. The number of benzene rings is 2. The van der Waals surface area contributed by atoms with Gasteiger partial charge in [0.2, 0.25) is 0 Å². The minimum atomic E-state index is -0.195. The lowest BCUT2D eigenvalue weighted by atomic mass is 10.2. The number of hydrogen-bond donors (Lipinski definition) is 1. The lowest BCUT2D eigenvalue weighted by molar-refractivity contribution is 0.0951. The number of rotatable bonds is 8. The Morgan fingerprint density at radius 2 is 1.69 bits per heavy atom. The molecule has 2 aromatic carbocycles. The number of carbonyl (C=O) groups is 1. The zero-order valence-corrected chi connectivity index (χ0v) is 20.4. The Morgan fingerprint density at radius 1 is 0.944 bits per heavy atom. The van der Waals surface area contributed by atoms with E-state index in [-0.39, 0.29) is 5.91 Å². The van der Waals surface area contributed by atoms with Crippen LogP contribution in [-0.2, 0) is 6.54 Å². The van der Waals surface area contributed by atoms with Crippen molar-refractivity contribution in [2.45, 2.75) is 6.54 Å². The summed E-state index contributed by atoms with van der Waals surface area (Å²) < 4.78 is 12.3. The second kappa shape index (κ2) is 10.5. The van der Waals surface area contributed by atoms with Crippen LogP contribution in [0.5, 0.6) is 11.5 Å². The van der Waals surface area contributed by atoms with Crippen molar-refractivity contribution in [1.29, 1.82) is 0 Å². The maximum atomic E-state index is 12.6. The van der Waals surface area contributed by atoms with Gasteiger partial charge in [0.05, 0.1) is 32.3 Å². The van der Waals surface area contributed by atoms with Crippen molar-refractivity contribution >= 4 is 28.4 Å². The monoisotopic (exact) mass is 487 g/mol. The Bertz CT molecular complexity index is 1330. The number of nitrogens with zero attached hydrogens (tertiary/aromatic N) is 6. The fourth-order valence-electron chi connectivity index (χ4n) is 4.47. The lowest BCUT2D eigenvalue weighted by Crippen LogP contribution is -2.46. The van der Waals surface area contributed by atoms with E-state index in [0.29, 0.717) is 30.2 Å². The molecule has 36 heavy (non-hydrogen) atoms. The number of piperazine rings is 1. The Hall–Kier alpha value is -4.34. The van der Waals surface area contributed by atoms with Crippen LogP contribution < -0.4 is 24.6 Å². The van der Waals surface area contributed by atoms with E-state index in [9.17, 15) is 4.79 Å². The number of ether oxygens (including phenoxy) is 2. The minimum absolute atomic E-state index is 0.195. The molecule has 4 aromatic rings. The van der Waals surface area contributed by atoms with Gasteiger partial charge >= 0.3 is 0 Å². The first-order valence-corrected chi connectivity index (χ1v) is 11.9. The summed E-state index contributed by atoms with van der Waals surface area (Å²) in [4.78, 5) is 26.3. The number of carbonyl (C=O) groups excluding carboxylic acids is 1. The fraction of sp³-hybridized carbons (Fsp3) is 0.308. The van der Waals surface area contributed by atoms with E-state index >= 15 is 0 Å².